The number of amides is 1. The van der Waals surface area contributed by atoms with Crippen LogP contribution in [0.3, 0.4) is 0 Å². The van der Waals surface area contributed by atoms with Gasteiger partial charge in [-0.3, -0.25) is 4.79 Å². The molecule has 0 bridgehead atoms. The quantitative estimate of drug-likeness (QED) is 0.885. The summed E-state index contributed by atoms with van der Waals surface area (Å²) in [5.74, 6) is -1.41. The fourth-order valence-electron chi connectivity index (χ4n) is 2.40. The zero-order valence-electron chi connectivity index (χ0n) is 11.1. The lowest BCUT2D eigenvalue weighted by atomic mass is 9.76. The van der Waals surface area contributed by atoms with E-state index in [0.29, 0.717) is 18.5 Å². The van der Waals surface area contributed by atoms with Crippen LogP contribution in [0.25, 0.3) is 5.65 Å². The van der Waals surface area contributed by atoms with Crippen LogP contribution in [0.4, 0.5) is 0 Å². The normalized spacial score (nSPS) is 16.6. The molecular formula is C14H15N3O3. The van der Waals surface area contributed by atoms with Gasteiger partial charge in [-0.15, -0.1) is 0 Å². The van der Waals surface area contributed by atoms with E-state index in [4.69, 9.17) is 0 Å². The lowest BCUT2D eigenvalue weighted by Crippen LogP contribution is -2.59. The third-order valence-corrected chi connectivity index (χ3v) is 3.82. The molecule has 1 saturated carbocycles. The van der Waals surface area contributed by atoms with E-state index < -0.39 is 17.4 Å². The van der Waals surface area contributed by atoms with Crippen LogP contribution in [-0.4, -0.2) is 31.9 Å². The van der Waals surface area contributed by atoms with Crippen molar-refractivity contribution in [1.29, 1.82) is 0 Å². The van der Waals surface area contributed by atoms with Gasteiger partial charge in [0.15, 0.2) is 0 Å². The summed E-state index contributed by atoms with van der Waals surface area (Å²) in [4.78, 5) is 27.6. The molecule has 0 aromatic carbocycles. The minimum atomic E-state index is -1.11. The summed E-state index contributed by atoms with van der Waals surface area (Å²) in [6, 6.07) is 3.79. The number of hydrogen-bond donors (Lipinski definition) is 2. The molecule has 2 aromatic heterocycles. The number of fused-ring (bicyclic) bond motifs is 1. The molecule has 1 amide bonds. The Hall–Kier alpha value is -2.37. The first-order valence-corrected chi connectivity index (χ1v) is 6.51. The first kappa shape index (κ1) is 12.7. The molecule has 2 heterocycles. The predicted octanol–water partition coefficient (Wildman–Crippen LogP) is 1.38. The van der Waals surface area contributed by atoms with Gasteiger partial charge in [0.25, 0.3) is 5.91 Å². The van der Waals surface area contributed by atoms with Crippen LogP contribution in [0.1, 0.15) is 35.3 Å². The Bertz CT molecular complexity index is 701. The number of carbonyl (C=O) groups excluding carboxylic acids is 1. The molecule has 0 spiro atoms. The molecule has 0 saturated heterocycles. The largest absolute Gasteiger partial charge is 0.480 e. The molecule has 6 nitrogen and oxygen atoms in total. The third kappa shape index (κ3) is 1.93. The second kappa shape index (κ2) is 4.33. The number of pyridine rings is 1. The Morgan fingerprint density at radius 1 is 1.45 bits per heavy atom. The van der Waals surface area contributed by atoms with Crippen molar-refractivity contribution in [2.45, 2.75) is 31.7 Å². The second-order valence-corrected chi connectivity index (χ2v) is 5.29. The number of hydrogen-bond acceptors (Lipinski definition) is 3. The summed E-state index contributed by atoms with van der Waals surface area (Å²) < 4.78 is 1.75. The van der Waals surface area contributed by atoms with Crippen LogP contribution in [0.15, 0.2) is 24.5 Å². The molecule has 6 heteroatoms. The Morgan fingerprint density at radius 2 is 2.20 bits per heavy atom. The average molecular weight is 273 g/mol. The monoisotopic (exact) mass is 273 g/mol. The van der Waals surface area contributed by atoms with E-state index in [0.717, 1.165) is 12.0 Å². The summed E-state index contributed by atoms with van der Waals surface area (Å²) in [5, 5.41) is 11.8. The number of carboxylic acids is 1. The van der Waals surface area contributed by atoms with Crippen LogP contribution in [0, 0.1) is 6.92 Å². The summed E-state index contributed by atoms with van der Waals surface area (Å²) in [6.07, 6.45) is 5.20. The molecule has 2 N–H and O–H groups in total. The molecule has 1 aliphatic rings. The average Bonchev–Trinajstić information content (AvgIpc) is 2.75. The molecule has 0 unspecified atom stereocenters. The van der Waals surface area contributed by atoms with Gasteiger partial charge >= 0.3 is 5.97 Å². The smallest absolute Gasteiger partial charge is 0.329 e. The van der Waals surface area contributed by atoms with Crippen molar-refractivity contribution in [2.75, 3.05) is 0 Å². The third-order valence-electron chi connectivity index (χ3n) is 3.82. The molecule has 1 fully saturated rings. The maximum absolute atomic E-state index is 12.2. The van der Waals surface area contributed by atoms with E-state index in [1.165, 1.54) is 0 Å². The summed E-state index contributed by atoms with van der Waals surface area (Å²) in [5.41, 5.74) is 0.857. The number of aliphatic carboxylic acids is 1. The fourth-order valence-corrected chi connectivity index (χ4v) is 2.40. The highest BCUT2D eigenvalue weighted by Crippen LogP contribution is 2.32. The maximum atomic E-state index is 12.2. The Balaban J connectivity index is 1.87. The number of rotatable bonds is 3. The zero-order valence-corrected chi connectivity index (χ0v) is 11.1. The zero-order chi connectivity index (χ0) is 14.3. The van der Waals surface area contributed by atoms with E-state index in [1.807, 2.05) is 25.3 Å². The van der Waals surface area contributed by atoms with Gasteiger partial charge in [0.1, 0.15) is 16.9 Å². The second-order valence-electron chi connectivity index (χ2n) is 5.29. The molecule has 0 atom stereocenters. The molecular weight excluding hydrogens is 258 g/mol. The number of nitrogens with one attached hydrogen (secondary N) is 1. The van der Waals surface area contributed by atoms with Gasteiger partial charge in [-0.25, -0.2) is 9.78 Å². The highest BCUT2D eigenvalue weighted by atomic mass is 16.4. The van der Waals surface area contributed by atoms with Crippen molar-refractivity contribution < 1.29 is 14.7 Å². The summed E-state index contributed by atoms with van der Waals surface area (Å²) >= 11 is 0. The van der Waals surface area contributed by atoms with Gasteiger partial charge in [-0.2, -0.15) is 0 Å². The number of aromatic nitrogens is 2. The molecule has 0 radical (unpaired) electrons. The molecule has 0 aliphatic heterocycles. The maximum Gasteiger partial charge on any atom is 0.329 e. The Morgan fingerprint density at radius 3 is 2.80 bits per heavy atom. The van der Waals surface area contributed by atoms with Gasteiger partial charge in [-0.05, 0) is 43.9 Å². The lowest BCUT2D eigenvalue weighted by molar-refractivity contribution is -0.148. The van der Waals surface area contributed by atoms with E-state index in [1.54, 1.807) is 10.6 Å². The van der Waals surface area contributed by atoms with Crippen molar-refractivity contribution in [2.24, 2.45) is 0 Å². The van der Waals surface area contributed by atoms with Crippen LogP contribution >= 0.6 is 0 Å². The van der Waals surface area contributed by atoms with Gasteiger partial charge in [0.05, 0.1) is 0 Å². The van der Waals surface area contributed by atoms with Crippen LogP contribution in [0.2, 0.25) is 0 Å². The number of carbonyl (C=O) groups is 2. The minimum absolute atomic E-state index is 0.239. The van der Waals surface area contributed by atoms with E-state index >= 15 is 0 Å². The lowest BCUT2D eigenvalue weighted by Gasteiger charge is -2.37. The SMILES string of the molecule is Cc1ccn2cc(C(=O)NC3(C(=O)O)CCC3)nc2c1. The molecule has 1 aliphatic carbocycles. The Labute approximate surface area is 115 Å². The molecule has 3 rings (SSSR count). The minimum Gasteiger partial charge on any atom is -0.480 e. The molecule has 2 aromatic rings. The highest BCUT2D eigenvalue weighted by molar-refractivity contribution is 5.97. The van der Waals surface area contributed by atoms with Crippen LogP contribution in [0.5, 0.6) is 0 Å². The first-order valence-electron chi connectivity index (χ1n) is 6.51. The predicted molar refractivity (Wildman–Crippen MR) is 71.6 cm³/mol. The number of nitrogens with zero attached hydrogens (tertiary/aromatic N) is 2. The van der Waals surface area contributed by atoms with Crippen molar-refractivity contribution in [3.8, 4) is 0 Å². The number of carboxylic acid groups (broad SMARTS) is 1. The van der Waals surface area contributed by atoms with Crippen LogP contribution < -0.4 is 5.32 Å². The number of aryl methyl sites for hydroxylation is 1. The summed E-state index contributed by atoms with van der Waals surface area (Å²) in [7, 11) is 0. The van der Waals surface area contributed by atoms with Gasteiger partial charge in [-0.1, -0.05) is 0 Å². The molecule has 104 valence electrons. The van der Waals surface area contributed by atoms with E-state index in [-0.39, 0.29) is 5.69 Å². The van der Waals surface area contributed by atoms with Crippen molar-refractivity contribution in [1.82, 2.24) is 14.7 Å². The Kier molecular flexibility index (Phi) is 2.74. The molecule has 20 heavy (non-hydrogen) atoms. The van der Waals surface area contributed by atoms with Crippen molar-refractivity contribution in [3.63, 3.8) is 0 Å². The van der Waals surface area contributed by atoms with Crippen LogP contribution in [-0.2, 0) is 4.79 Å². The highest BCUT2D eigenvalue weighted by Gasteiger charge is 2.46. The summed E-state index contributed by atoms with van der Waals surface area (Å²) in [6.45, 7) is 1.95. The van der Waals surface area contributed by atoms with Crippen molar-refractivity contribution in [3.05, 3.63) is 35.8 Å². The topological polar surface area (TPSA) is 83.7 Å². The van der Waals surface area contributed by atoms with E-state index in [2.05, 4.69) is 10.3 Å². The fraction of sp³-hybridized carbons (Fsp3) is 0.357. The first-order chi connectivity index (χ1) is 9.50. The van der Waals surface area contributed by atoms with Crippen molar-refractivity contribution >= 4 is 17.5 Å². The van der Waals surface area contributed by atoms with Gasteiger partial charge < -0.3 is 14.8 Å². The van der Waals surface area contributed by atoms with Gasteiger partial charge in [0, 0.05) is 12.4 Å². The number of imidazole rings is 1. The standard InChI is InChI=1S/C14H15N3O3/c1-9-3-6-17-8-10(15-11(17)7-9)12(18)16-14(13(19)20)4-2-5-14/h3,6-8H,2,4-5H2,1H3,(H,16,18)(H,19,20). The van der Waals surface area contributed by atoms with Gasteiger partial charge in [0.2, 0.25) is 0 Å². The van der Waals surface area contributed by atoms with E-state index in [9.17, 15) is 14.7 Å².